The van der Waals surface area contributed by atoms with E-state index in [1.807, 2.05) is 41.8 Å². The van der Waals surface area contributed by atoms with Gasteiger partial charge in [-0.25, -0.2) is 14.6 Å². The maximum Gasteiger partial charge on any atom is 0.248 e. The topological polar surface area (TPSA) is 88.8 Å². The zero-order valence-electron chi connectivity index (χ0n) is 15.6. The van der Waals surface area contributed by atoms with Crippen LogP contribution in [0.2, 0.25) is 0 Å². The number of carbonyl (C=O) groups excluding carboxylic acids is 1. The third-order valence-electron chi connectivity index (χ3n) is 5.05. The number of carbonyl (C=O) groups is 1. The molecule has 1 aliphatic heterocycles. The molecule has 146 valence electrons. The molecule has 1 amide bonds. The summed E-state index contributed by atoms with van der Waals surface area (Å²) in [5.41, 5.74) is 1.13. The molecule has 1 saturated heterocycles. The Balaban J connectivity index is 1.31. The highest BCUT2D eigenvalue weighted by Crippen LogP contribution is 2.32. The van der Waals surface area contributed by atoms with Crippen LogP contribution in [0, 0.1) is 0 Å². The van der Waals surface area contributed by atoms with Crippen molar-refractivity contribution in [1.82, 2.24) is 25.0 Å². The number of amides is 1. The van der Waals surface area contributed by atoms with Crippen LogP contribution in [0.3, 0.4) is 0 Å². The molecule has 29 heavy (non-hydrogen) atoms. The number of aromatic nitrogens is 5. The molecule has 5 rings (SSSR count). The highest BCUT2D eigenvalue weighted by molar-refractivity contribution is 7.16. The van der Waals surface area contributed by atoms with E-state index >= 15 is 0 Å². The summed E-state index contributed by atoms with van der Waals surface area (Å²) < 4.78 is 1.72. The molecule has 1 atom stereocenters. The quantitative estimate of drug-likeness (QED) is 0.549. The summed E-state index contributed by atoms with van der Waals surface area (Å²) >= 11 is 1.58. The first-order chi connectivity index (χ1) is 14.3. The highest BCUT2D eigenvalue weighted by atomic mass is 32.1. The van der Waals surface area contributed by atoms with E-state index < -0.39 is 0 Å². The molecule has 0 saturated carbocycles. The first kappa shape index (κ1) is 17.7. The van der Waals surface area contributed by atoms with E-state index in [4.69, 9.17) is 0 Å². The normalized spacial score (nSPS) is 16.4. The molecule has 8 nitrogen and oxygen atoms in total. The van der Waals surface area contributed by atoms with Crippen molar-refractivity contribution in [2.75, 3.05) is 16.8 Å². The van der Waals surface area contributed by atoms with E-state index in [1.165, 1.54) is 0 Å². The van der Waals surface area contributed by atoms with Crippen LogP contribution < -0.4 is 10.2 Å². The van der Waals surface area contributed by atoms with Gasteiger partial charge in [-0.1, -0.05) is 35.5 Å². The fraction of sp³-hybridized carbons (Fsp3) is 0.250. The molecule has 1 aromatic carbocycles. The molecular weight excluding hydrogens is 386 g/mol. The molecule has 4 aromatic rings. The molecule has 4 heterocycles. The minimum absolute atomic E-state index is 0.0868. The van der Waals surface area contributed by atoms with E-state index in [9.17, 15) is 4.79 Å². The second-order valence-electron chi connectivity index (χ2n) is 6.96. The van der Waals surface area contributed by atoms with Crippen LogP contribution in [0.15, 0.2) is 54.3 Å². The van der Waals surface area contributed by atoms with Gasteiger partial charge in [-0.05, 0) is 29.9 Å². The SMILES string of the molecule is O=C(Nc1cn(Cc2ccccc2)nn1)C1CCCN1c1ncnc2sccc12. The van der Waals surface area contributed by atoms with Gasteiger partial charge in [-0.3, -0.25) is 4.79 Å². The molecule has 0 aliphatic carbocycles. The Labute approximate surface area is 171 Å². The second-order valence-corrected chi connectivity index (χ2v) is 7.86. The maximum absolute atomic E-state index is 13.0. The van der Waals surface area contributed by atoms with E-state index in [0.717, 1.165) is 41.0 Å². The van der Waals surface area contributed by atoms with Crippen LogP contribution in [0.25, 0.3) is 10.2 Å². The summed E-state index contributed by atoms with van der Waals surface area (Å²) in [6, 6.07) is 11.7. The number of nitrogens with zero attached hydrogens (tertiary/aromatic N) is 6. The van der Waals surface area contributed by atoms with Crippen LogP contribution in [0.5, 0.6) is 0 Å². The predicted octanol–water partition coefficient (Wildman–Crippen LogP) is 2.94. The number of thiophene rings is 1. The number of nitrogens with one attached hydrogen (secondary N) is 1. The molecule has 1 N–H and O–H groups in total. The van der Waals surface area contributed by atoms with Crippen molar-refractivity contribution < 1.29 is 4.79 Å². The first-order valence-corrected chi connectivity index (χ1v) is 10.4. The van der Waals surface area contributed by atoms with E-state index in [0.29, 0.717) is 12.4 Å². The summed E-state index contributed by atoms with van der Waals surface area (Å²) in [6.07, 6.45) is 5.04. The van der Waals surface area contributed by atoms with Crippen LogP contribution >= 0.6 is 11.3 Å². The maximum atomic E-state index is 13.0. The van der Waals surface area contributed by atoms with Gasteiger partial charge in [0, 0.05) is 6.54 Å². The fourth-order valence-electron chi connectivity index (χ4n) is 3.71. The molecule has 9 heteroatoms. The third-order valence-corrected chi connectivity index (χ3v) is 5.87. The number of hydrogen-bond donors (Lipinski definition) is 1. The Kier molecular flexibility index (Phi) is 4.65. The average molecular weight is 405 g/mol. The Morgan fingerprint density at radius 1 is 1.21 bits per heavy atom. The van der Waals surface area contributed by atoms with Crippen LogP contribution in [0.4, 0.5) is 11.6 Å². The van der Waals surface area contributed by atoms with Crippen LogP contribution in [-0.4, -0.2) is 43.5 Å². The minimum atomic E-state index is -0.285. The van der Waals surface area contributed by atoms with Crippen molar-refractivity contribution in [3.05, 3.63) is 59.9 Å². The number of fused-ring (bicyclic) bond motifs is 1. The summed E-state index contributed by atoms with van der Waals surface area (Å²) in [5.74, 6) is 1.19. The number of rotatable bonds is 5. The van der Waals surface area contributed by atoms with Crippen LogP contribution in [0.1, 0.15) is 18.4 Å². The zero-order valence-corrected chi connectivity index (χ0v) is 16.4. The summed E-state index contributed by atoms with van der Waals surface area (Å²) in [4.78, 5) is 24.7. The van der Waals surface area contributed by atoms with Gasteiger partial charge >= 0.3 is 0 Å². The van der Waals surface area contributed by atoms with Crippen molar-refractivity contribution in [3.8, 4) is 0 Å². The van der Waals surface area contributed by atoms with Crippen molar-refractivity contribution in [3.63, 3.8) is 0 Å². The van der Waals surface area contributed by atoms with Gasteiger partial charge in [0.25, 0.3) is 0 Å². The van der Waals surface area contributed by atoms with E-state index in [-0.39, 0.29) is 11.9 Å². The predicted molar refractivity (Wildman–Crippen MR) is 112 cm³/mol. The lowest BCUT2D eigenvalue weighted by Crippen LogP contribution is -2.40. The third kappa shape index (κ3) is 3.56. The molecule has 3 aromatic heterocycles. The molecule has 0 spiro atoms. The second kappa shape index (κ2) is 7.59. The lowest BCUT2D eigenvalue weighted by atomic mass is 10.2. The van der Waals surface area contributed by atoms with Crippen LogP contribution in [-0.2, 0) is 11.3 Å². The molecular formula is C20H19N7OS. The number of hydrogen-bond acceptors (Lipinski definition) is 7. The Morgan fingerprint density at radius 2 is 2.10 bits per heavy atom. The first-order valence-electron chi connectivity index (χ1n) is 9.48. The molecule has 1 unspecified atom stereocenters. The van der Waals surface area contributed by atoms with Gasteiger partial charge in [0.2, 0.25) is 5.91 Å². The van der Waals surface area contributed by atoms with Gasteiger partial charge in [0.05, 0.1) is 18.1 Å². The van der Waals surface area contributed by atoms with E-state index in [2.05, 4.69) is 30.5 Å². The van der Waals surface area contributed by atoms with Gasteiger partial charge < -0.3 is 10.2 Å². The van der Waals surface area contributed by atoms with Gasteiger partial charge in [0.15, 0.2) is 5.82 Å². The fourth-order valence-corrected chi connectivity index (χ4v) is 4.44. The van der Waals surface area contributed by atoms with Crippen molar-refractivity contribution >= 4 is 39.1 Å². The average Bonchev–Trinajstić information content (AvgIpc) is 3.49. The molecule has 0 bridgehead atoms. The van der Waals surface area contributed by atoms with E-state index in [1.54, 1.807) is 28.5 Å². The summed E-state index contributed by atoms with van der Waals surface area (Å²) in [5, 5.41) is 14.1. The van der Waals surface area contributed by atoms with Crippen molar-refractivity contribution in [2.45, 2.75) is 25.4 Å². The smallest absolute Gasteiger partial charge is 0.248 e. The number of benzene rings is 1. The summed E-state index contributed by atoms with van der Waals surface area (Å²) in [7, 11) is 0. The largest absolute Gasteiger partial charge is 0.344 e. The van der Waals surface area contributed by atoms with Gasteiger partial charge in [-0.2, -0.15) is 0 Å². The summed E-state index contributed by atoms with van der Waals surface area (Å²) in [6.45, 7) is 1.40. The van der Waals surface area contributed by atoms with Gasteiger partial charge in [0.1, 0.15) is 23.0 Å². The Morgan fingerprint density at radius 3 is 3.00 bits per heavy atom. The molecule has 1 aliphatic rings. The minimum Gasteiger partial charge on any atom is -0.344 e. The molecule has 1 fully saturated rings. The van der Waals surface area contributed by atoms with Crippen molar-refractivity contribution in [2.24, 2.45) is 0 Å². The Hall–Kier alpha value is -3.33. The monoisotopic (exact) mass is 405 g/mol. The number of anilines is 2. The lowest BCUT2D eigenvalue weighted by Gasteiger charge is -2.24. The molecule has 0 radical (unpaired) electrons. The van der Waals surface area contributed by atoms with Crippen molar-refractivity contribution in [1.29, 1.82) is 0 Å². The standard InChI is InChI=1S/C20H19N7OS/c28-19(23-17-12-26(25-24-17)11-14-5-2-1-3-6-14)16-7-4-9-27(16)18-15-8-10-29-20(15)22-13-21-18/h1-3,5-6,8,10,12-13,16H,4,7,9,11H2,(H,23,28). The van der Waals surface area contributed by atoms with Gasteiger partial charge in [-0.15, -0.1) is 16.4 Å². The zero-order chi connectivity index (χ0) is 19.6. The highest BCUT2D eigenvalue weighted by Gasteiger charge is 2.33. The Bertz CT molecular complexity index is 1140. The lowest BCUT2D eigenvalue weighted by molar-refractivity contribution is -0.117.